The molecule has 37 heavy (non-hydrogen) atoms. The highest BCUT2D eigenvalue weighted by atomic mass is 16.6. The monoisotopic (exact) mass is 499 g/mol. The van der Waals surface area contributed by atoms with Crippen LogP contribution in [0.5, 0.6) is 5.75 Å². The van der Waals surface area contributed by atoms with Crippen molar-refractivity contribution in [2.45, 2.75) is 39.0 Å². The van der Waals surface area contributed by atoms with Crippen LogP contribution >= 0.6 is 0 Å². The second kappa shape index (κ2) is 11.2. The van der Waals surface area contributed by atoms with E-state index in [0.717, 1.165) is 22.2 Å². The summed E-state index contributed by atoms with van der Waals surface area (Å²) in [5.74, 6) is 0.596. The van der Waals surface area contributed by atoms with Gasteiger partial charge in [0, 0.05) is 35.8 Å². The molecule has 3 aromatic carbocycles. The third-order valence-corrected chi connectivity index (χ3v) is 5.88. The van der Waals surface area contributed by atoms with Gasteiger partial charge in [-0.25, -0.2) is 4.79 Å². The Morgan fingerprint density at radius 2 is 1.59 bits per heavy atom. The number of nitrogens with one attached hydrogen (secondary N) is 2. The molecule has 0 radical (unpaired) electrons. The first-order valence-corrected chi connectivity index (χ1v) is 12.3. The average Bonchev–Trinajstić information content (AvgIpc) is 3.25. The van der Waals surface area contributed by atoms with E-state index in [-0.39, 0.29) is 5.78 Å². The average molecular weight is 500 g/mol. The lowest BCUT2D eigenvalue weighted by atomic mass is 9.96. The van der Waals surface area contributed by atoms with Gasteiger partial charge in [0.1, 0.15) is 17.4 Å². The fraction of sp³-hybridized carbons (Fsp3) is 0.267. The fourth-order valence-electron chi connectivity index (χ4n) is 4.24. The van der Waals surface area contributed by atoms with Gasteiger partial charge in [0.15, 0.2) is 5.78 Å². The zero-order valence-corrected chi connectivity index (χ0v) is 21.7. The van der Waals surface area contributed by atoms with E-state index in [2.05, 4.69) is 10.6 Å². The number of alkyl carbamates (subject to hydrolysis) is 1. The van der Waals surface area contributed by atoms with Crippen LogP contribution < -0.4 is 15.4 Å². The maximum absolute atomic E-state index is 14.1. The molecule has 1 heterocycles. The molecule has 7 nitrogen and oxygen atoms in total. The van der Waals surface area contributed by atoms with Gasteiger partial charge in [-0.15, -0.1) is 0 Å². The number of carbonyl (C=O) groups excluding carboxylic acids is 2. The van der Waals surface area contributed by atoms with E-state index in [0.29, 0.717) is 24.4 Å². The van der Waals surface area contributed by atoms with Crippen LogP contribution in [0.4, 0.5) is 10.5 Å². The highest BCUT2D eigenvalue weighted by molar-refractivity contribution is 6.11. The SMILES string of the molecule is COc1ccccc1NC(C(=O)c1cn(CCNC(=O)OC(C)(C)C)c2ccccc12)c1ccccc1. The zero-order valence-electron chi connectivity index (χ0n) is 21.7. The van der Waals surface area contributed by atoms with E-state index in [9.17, 15) is 9.59 Å². The third kappa shape index (κ3) is 6.30. The van der Waals surface area contributed by atoms with Crippen molar-refractivity contribution in [2.75, 3.05) is 19.0 Å². The van der Waals surface area contributed by atoms with Gasteiger partial charge in [-0.1, -0.05) is 60.7 Å². The van der Waals surface area contributed by atoms with Crippen LogP contribution in [0.15, 0.2) is 85.1 Å². The number of Topliss-reactive ketones (excluding diaryl/α,β-unsaturated/α-hetero) is 1. The van der Waals surface area contributed by atoms with E-state index in [1.54, 1.807) is 7.11 Å². The molecule has 0 aliphatic carbocycles. The molecule has 4 rings (SSSR count). The Bertz CT molecular complexity index is 1370. The van der Waals surface area contributed by atoms with E-state index < -0.39 is 17.7 Å². The summed E-state index contributed by atoms with van der Waals surface area (Å²) in [6.07, 6.45) is 1.40. The first-order valence-electron chi connectivity index (χ1n) is 12.3. The molecule has 2 N–H and O–H groups in total. The van der Waals surface area contributed by atoms with Crippen LogP contribution in [-0.4, -0.2) is 35.7 Å². The lowest BCUT2D eigenvalue weighted by Crippen LogP contribution is -2.34. The highest BCUT2D eigenvalue weighted by Crippen LogP contribution is 2.32. The summed E-state index contributed by atoms with van der Waals surface area (Å²) < 4.78 is 12.8. The number of anilines is 1. The lowest BCUT2D eigenvalue weighted by molar-refractivity contribution is 0.0526. The molecular weight excluding hydrogens is 466 g/mol. The number of rotatable bonds is 9. The number of benzene rings is 3. The van der Waals surface area contributed by atoms with Crippen molar-refractivity contribution in [3.05, 3.63) is 96.2 Å². The van der Waals surface area contributed by atoms with E-state index in [4.69, 9.17) is 9.47 Å². The number of methoxy groups -OCH3 is 1. The van der Waals surface area contributed by atoms with Gasteiger partial charge < -0.3 is 24.7 Å². The van der Waals surface area contributed by atoms with Gasteiger partial charge in [0.05, 0.1) is 12.8 Å². The first kappa shape index (κ1) is 25.8. The van der Waals surface area contributed by atoms with E-state index in [1.165, 1.54) is 0 Å². The molecule has 0 aliphatic rings. The number of amides is 1. The number of ether oxygens (including phenoxy) is 2. The number of ketones is 1. The molecule has 0 fully saturated rings. The molecule has 1 amide bonds. The first-order chi connectivity index (χ1) is 17.8. The smallest absolute Gasteiger partial charge is 0.407 e. The largest absolute Gasteiger partial charge is 0.495 e. The minimum atomic E-state index is -0.628. The number of para-hydroxylation sites is 3. The molecule has 0 spiro atoms. The van der Waals surface area contributed by atoms with Crippen LogP contribution in [-0.2, 0) is 11.3 Å². The van der Waals surface area contributed by atoms with Gasteiger partial charge in [-0.05, 0) is 44.5 Å². The Labute approximate surface area is 217 Å². The lowest BCUT2D eigenvalue weighted by Gasteiger charge is -2.21. The summed E-state index contributed by atoms with van der Waals surface area (Å²) in [5, 5.41) is 7.06. The summed E-state index contributed by atoms with van der Waals surface area (Å²) in [7, 11) is 1.61. The number of hydrogen-bond acceptors (Lipinski definition) is 5. The Morgan fingerprint density at radius 3 is 2.32 bits per heavy atom. The molecule has 192 valence electrons. The number of hydrogen-bond donors (Lipinski definition) is 2. The van der Waals surface area contributed by atoms with Crippen molar-refractivity contribution in [2.24, 2.45) is 0 Å². The predicted octanol–water partition coefficient (Wildman–Crippen LogP) is 6.21. The van der Waals surface area contributed by atoms with Crippen LogP contribution in [0.25, 0.3) is 10.9 Å². The van der Waals surface area contributed by atoms with Crippen molar-refractivity contribution in [3.63, 3.8) is 0 Å². The summed E-state index contributed by atoms with van der Waals surface area (Å²) in [6.45, 7) is 6.33. The predicted molar refractivity (Wildman–Crippen MR) is 146 cm³/mol. The topological polar surface area (TPSA) is 81.6 Å². The van der Waals surface area contributed by atoms with Crippen LogP contribution in [0, 0.1) is 0 Å². The zero-order chi connectivity index (χ0) is 26.4. The molecule has 7 heteroatoms. The van der Waals surface area contributed by atoms with Crippen molar-refractivity contribution in [3.8, 4) is 5.75 Å². The molecular formula is C30H33N3O4. The Hall–Kier alpha value is -4.26. The van der Waals surface area contributed by atoms with Crippen LogP contribution in [0.3, 0.4) is 0 Å². The maximum Gasteiger partial charge on any atom is 0.407 e. The molecule has 0 aliphatic heterocycles. The second-order valence-corrected chi connectivity index (χ2v) is 9.73. The summed E-state index contributed by atoms with van der Waals surface area (Å²) in [5.41, 5.74) is 2.54. The fourth-order valence-corrected chi connectivity index (χ4v) is 4.24. The number of aromatic nitrogens is 1. The molecule has 0 bridgehead atoms. The van der Waals surface area contributed by atoms with Gasteiger partial charge in [0.25, 0.3) is 0 Å². The normalized spacial score (nSPS) is 12.1. The van der Waals surface area contributed by atoms with Crippen LogP contribution in [0.1, 0.15) is 42.7 Å². The maximum atomic E-state index is 14.1. The van der Waals surface area contributed by atoms with Gasteiger partial charge in [-0.2, -0.15) is 0 Å². The Kier molecular flexibility index (Phi) is 7.82. The molecule has 1 aromatic heterocycles. The van der Waals surface area contributed by atoms with Crippen molar-refractivity contribution < 1.29 is 19.1 Å². The summed E-state index contributed by atoms with van der Waals surface area (Å²) in [4.78, 5) is 26.2. The minimum absolute atomic E-state index is 0.0628. The second-order valence-electron chi connectivity index (χ2n) is 9.73. The Morgan fingerprint density at radius 1 is 0.919 bits per heavy atom. The summed E-state index contributed by atoms with van der Waals surface area (Å²) >= 11 is 0. The van der Waals surface area contributed by atoms with Gasteiger partial charge in [0.2, 0.25) is 0 Å². The van der Waals surface area contributed by atoms with Gasteiger partial charge >= 0.3 is 6.09 Å². The van der Waals surface area contributed by atoms with Gasteiger partial charge in [-0.3, -0.25) is 4.79 Å². The minimum Gasteiger partial charge on any atom is -0.495 e. The molecule has 0 saturated carbocycles. The van der Waals surface area contributed by atoms with Crippen molar-refractivity contribution in [1.29, 1.82) is 0 Å². The molecule has 0 saturated heterocycles. The van der Waals surface area contributed by atoms with E-state index in [1.807, 2.05) is 110 Å². The molecule has 1 atom stereocenters. The highest BCUT2D eigenvalue weighted by Gasteiger charge is 2.26. The molecule has 1 unspecified atom stereocenters. The quantitative estimate of drug-likeness (QED) is 0.268. The standard InChI is InChI=1S/C30H33N3O4/c1-30(2,3)37-29(35)31-18-19-33-20-23(22-14-8-10-16-25(22)33)28(34)27(21-12-6-5-7-13-21)32-24-15-9-11-17-26(24)36-4/h5-17,20,27,32H,18-19H2,1-4H3,(H,31,35). The summed E-state index contributed by atoms with van der Waals surface area (Å²) in [6, 6.07) is 24.4. The van der Waals surface area contributed by atoms with Crippen molar-refractivity contribution >= 4 is 28.5 Å². The van der Waals surface area contributed by atoms with E-state index >= 15 is 0 Å². The Balaban J connectivity index is 1.64. The number of carbonyl (C=O) groups is 2. The molecule has 4 aromatic rings. The third-order valence-electron chi connectivity index (χ3n) is 5.88. The number of fused-ring (bicyclic) bond motifs is 1. The van der Waals surface area contributed by atoms with Crippen molar-refractivity contribution in [1.82, 2.24) is 9.88 Å². The number of nitrogens with zero attached hydrogens (tertiary/aromatic N) is 1. The van der Waals surface area contributed by atoms with Crippen LogP contribution in [0.2, 0.25) is 0 Å².